The van der Waals surface area contributed by atoms with Crippen molar-refractivity contribution < 1.29 is 8.42 Å². The minimum atomic E-state index is -3.69. The molecule has 5 heteroatoms. The lowest BCUT2D eigenvalue weighted by atomic mass is 10.1. The molecule has 0 bridgehead atoms. The molecule has 0 radical (unpaired) electrons. The van der Waals surface area contributed by atoms with E-state index in [1.807, 2.05) is 30.3 Å². The van der Waals surface area contributed by atoms with Crippen molar-refractivity contribution >= 4 is 31.8 Å². The maximum absolute atomic E-state index is 11.3. The van der Waals surface area contributed by atoms with E-state index in [0.29, 0.717) is 5.52 Å². The standard InChI is InChI=1S/C13H10N2O2S/c14-18(16,17)11-6-5-10-7-9-3-1-2-4-12(9)15-13(10)8-11/h1-8H,(H2,14,16,17). The van der Waals surface area contributed by atoms with Crippen LogP contribution in [0.3, 0.4) is 0 Å². The van der Waals surface area contributed by atoms with Gasteiger partial charge in [-0.1, -0.05) is 24.3 Å². The number of rotatable bonds is 1. The highest BCUT2D eigenvalue weighted by molar-refractivity contribution is 7.89. The average Bonchev–Trinajstić information content (AvgIpc) is 2.34. The van der Waals surface area contributed by atoms with Crippen LogP contribution in [0.15, 0.2) is 53.4 Å². The molecule has 2 N–H and O–H groups in total. The lowest BCUT2D eigenvalue weighted by Gasteiger charge is -2.03. The van der Waals surface area contributed by atoms with Crippen LogP contribution >= 0.6 is 0 Å². The second-order valence-corrected chi connectivity index (χ2v) is 5.64. The van der Waals surface area contributed by atoms with Gasteiger partial charge in [0.15, 0.2) is 0 Å². The average molecular weight is 258 g/mol. The smallest absolute Gasteiger partial charge is 0.238 e. The molecule has 3 rings (SSSR count). The maximum Gasteiger partial charge on any atom is 0.238 e. The molecular weight excluding hydrogens is 248 g/mol. The van der Waals surface area contributed by atoms with E-state index in [-0.39, 0.29) is 4.90 Å². The zero-order chi connectivity index (χ0) is 12.8. The first kappa shape index (κ1) is 11.1. The quantitative estimate of drug-likeness (QED) is 0.679. The van der Waals surface area contributed by atoms with E-state index in [9.17, 15) is 8.42 Å². The third-order valence-electron chi connectivity index (χ3n) is 2.82. The fraction of sp³-hybridized carbons (Fsp3) is 0. The van der Waals surface area contributed by atoms with Crippen LogP contribution in [-0.2, 0) is 10.0 Å². The minimum absolute atomic E-state index is 0.0813. The molecule has 0 spiro atoms. The summed E-state index contributed by atoms with van der Waals surface area (Å²) in [7, 11) is -3.69. The predicted molar refractivity (Wildman–Crippen MR) is 70.6 cm³/mol. The molecule has 18 heavy (non-hydrogen) atoms. The molecule has 0 saturated carbocycles. The van der Waals surface area contributed by atoms with E-state index in [1.54, 1.807) is 6.07 Å². The topological polar surface area (TPSA) is 73.1 Å². The van der Waals surface area contributed by atoms with Gasteiger partial charge in [0.25, 0.3) is 0 Å². The number of primary sulfonamides is 1. The fourth-order valence-corrected chi connectivity index (χ4v) is 2.46. The van der Waals surface area contributed by atoms with Crippen molar-refractivity contribution in [2.45, 2.75) is 4.90 Å². The highest BCUT2D eigenvalue weighted by Crippen LogP contribution is 2.21. The van der Waals surface area contributed by atoms with Crippen LogP contribution in [0.4, 0.5) is 0 Å². The Morgan fingerprint density at radius 2 is 1.61 bits per heavy atom. The molecule has 0 saturated heterocycles. The van der Waals surface area contributed by atoms with Gasteiger partial charge in [-0.2, -0.15) is 0 Å². The molecule has 0 atom stereocenters. The zero-order valence-corrected chi connectivity index (χ0v) is 10.2. The molecule has 0 unspecified atom stereocenters. The number of fused-ring (bicyclic) bond motifs is 2. The summed E-state index contributed by atoms with van der Waals surface area (Å²) in [5, 5.41) is 7.02. The molecule has 90 valence electrons. The summed E-state index contributed by atoms with van der Waals surface area (Å²) in [5.74, 6) is 0. The van der Waals surface area contributed by atoms with E-state index in [0.717, 1.165) is 16.3 Å². The Bertz CT molecular complexity index is 857. The van der Waals surface area contributed by atoms with E-state index in [2.05, 4.69) is 4.98 Å². The first-order valence-electron chi connectivity index (χ1n) is 5.36. The van der Waals surface area contributed by atoms with Crippen LogP contribution in [0.2, 0.25) is 0 Å². The van der Waals surface area contributed by atoms with Gasteiger partial charge >= 0.3 is 0 Å². The third-order valence-corrected chi connectivity index (χ3v) is 3.73. The Kier molecular flexibility index (Phi) is 2.33. The van der Waals surface area contributed by atoms with Gasteiger partial charge in [0.2, 0.25) is 10.0 Å². The summed E-state index contributed by atoms with van der Waals surface area (Å²) in [4.78, 5) is 4.51. The molecule has 3 aromatic rings. The number of hydrogen-bond acceptors (Lipinski definition) is 3. The maximum atomic E-state index is 11.3. The number of pyridine rings is 1. The van der Waals surface area contributed by atoms with Crippen LogP contribution < -0.4 is 5.14 Å². The van der Waals surface area contributed by atoms with Crippen LogP contribution in [-0.4, -0.2) is 13.4 Å². The molecule has 0 fully saturated rings. The van der Waals surface area contributed by atoms with E-state index >= 15 is 0 Å². The summed E-state index contributed by atoms with van der Waals surface area (Å²) in [6.07, 6.45) is 0. The highest BCUT2D eigenvalue weighted by atomic mass is 32.2. The lowest BCUT2D eigenvalue weighted by molar-refractivity contribution is 0.598. The van der Waals surface area contributed by atoms with Gasteiger partial charge in [0, 0.05) is 10.8 Å². The highest BCUT2D eigenvalue weighted by Gasteiger charge is 2.09. The second kappa shape index (κ2) is 3.76. The third kappa shape index (κ3) is 1.83. The summed E-state index contributed by atoms with van der Waals surface area (Å²) in [5.41, 5.74) is 1.46. The van der Waals surface area contributed by atoms with Crippen molar-refractivity contribution in [3.63, 3.8) is 0 Å². The van der Waals surface area contributed by atoms with Gasteiger partial charge in [-0.3, -0.25) is 0 Å². The van der Waals surface area contributed by atoms with Crippen molar-refractivity contribution in [1.29, 1.82) is 0 Å². The fourth-order valence-electron chi connectivity index (χ4n) is 1.93. The van der Waals surface area contributed by atoms with Gasteiger partial charge in [-0.05, 0) is 24.3 Å². The molecule has 0 aliphatic rings. The Labute approximate surface area is 104 Å². The number of nitrogens with zero attached hydrogens (tertiary/aromatic N) is 1. The summed E-state index contributed by atoms with van der Waals surface area (Å²) >= 11 is 0. The SMILES string of the molecule is NS(=O)(=O)c1ccc2cc3ccccc3nc2c1. The normalized spacial score (nSPS) is 12.1. The molecule has 1 aromatic heterocycles. The number of nitrogens with two attached hydrogens (primary N) is 1. The summed E-state index contributed by atoms with van der Waals surface area (Å²) < 4.78 is 22.6. The number of aromatic nitrogens is 1. The minimum Gasteiger partial charge on any atom is -0.248 e. The molecule has 0 aliphatic carbocycles. The van der Waals surface area contributed by atoms with Crippen molar-refractivity contribution in [2.24, 2.45) is 5.14 Å². The van der Waals surface area contributed by atoms with Crippen molar-refractivity contribution in [1.82, 2.24) is 4.98 Å². The Hall–Kier alpha value is -1.98. The van der Waals surface area contributed by atoms with E-state index in [4.69, 9.17) is 5.14 Å². The van der Waals surface area contributed by atoms with Crippen LogP contribution in [0.1, 0.15) is 0 Å². The van der Waals surface area contributed by atoms with Gasteiger partial charge in [-0.15, -0.1) is 0 Å². The van der Waals surface area contributed by atoms with Gasteiger partial charge in [-0.25, -0.2) is 18.5 Å². The Morgan fingerprint density at radius 3 is 2.39 bits per heavy atom. The lowest BCUT2D eigenvalue weighted by Crippen LogP contribution is -2.11. The molecule has 0 amide bonds. The van der Waals surface area contributed by atoms with Gasteiger partial charge in [0.1, 0.15) is 0 Å². The Balaban J connectivity index is 2.37. The largest absolute Gasteiger partial charge is 0.248 e. The predicted octanol–water partition coefficient (Wildman–Crippen LogP) is 2.04. The molecular formula is C13H10N2O2S. The van der Waals surface area contributed by atoms with E-state index < -0.39 is 10.0 Å². The van der Waals surface area contributed by atoms with Crippen molar-refractivity contribution in [3.05, 3.63) is 48.5 Å². The number of benzene rings is 2. The molecule has 0 aliphatic heterocycles. The first-order chi connectivity index (χ1) is 8.54. The molecule has 2 aromatic carbocycles. The molecule has 4 nitrogen and oxygen atoms in total. The molecule has 1 heterocycles. The zero-order valence-electron chi connectivity index (χ0n) is 9.37. The van der Waals surface area contributed by atoms with Crippen LogP contribution in [0, 0.1) is 0 Å². The number of para-hydroxylation sites is 1. The Morgan fingerprint density at radius 1 is 0.889 bits per heavy atom. The van der Waals surface area contributed by atoms with Gasteiger partial charge in [0.05, 0.1) is 15.9 Å². The summed E-state index contributed by atoms with van der Waals surface area (Å²) in [6, 6.07) is 14.4. The van der Waals surface area contributed by atoms with Crippen LogP contribution in [0.25, 0.3) is 21.8 Å². The van der Waals surface area contributed by atoms with Crippen molar-refractivity contribution in [3.8, 4) is 0 Å². The van der Waals surface area contributed by atoms with E-state index in [1.165, 1.54) is 12.1 Å². The number of sulfonamides is 1. The summed E-state index contributed by atoms with van der Waals surface area (Å²) in [6.45, 7) is 0. The second-order valence-electron chi connectivity index (χ2n) is 4.08. The monoisotopic (exact) mass is 258 g/mol. The number of hydrogen-bond donors (Lipinski definition) is 1. The van der Waals surface area contributed by atoms with Crippen LogP contribution in [0.5, 0.6) is 0 Å². The van der Waals surface area contributed by atoms with Gasteiger partial charge < -0.3 is 0 Å². The first-order valence-corrected chi connectivity index (χ1v) is 6.91. The van der Waals surface area contributed by atoms with Crippen molar-refractivity contribution in [2.75, 3.05) is 0 Å².